The maximum atomic E-state index is 6.06. The molecule has 2 nitrogen and oxygen atoms in total. The first-order valence-electron chi connectivity index (χ1n) is 6.29. The summed E-state index contributed by atoms with van der Waals surface area (Å²) in [7, 11) is 0. The van der Waals surface area contributed by atoms with Gasteiger partial charge in [0, 0.05) is 5.54 Å². The molecule has 2 heteroatoms. The van der Waals surface area contributed by atoms with E-state index in [2.05, 4.69) is 39.8 Å². The first-order chi connectivity index (χ1) is 7.85. The Morgan fingerprint density at radius 3 is 2.18 bits per heavy atom. The smallest absolute Gasteiger partial charge is 0.0722 e. The summed E-state index contributed by atoms with van der Waals surface area (Å²) in [5.74, 6) is 0. The second-order valence-corrected chi connectivity index (χ2v) is 5.38. The topological polar surface area (TPSA) is 35.2 Å². The van der Waals surface area contributed by atoms with Crippen molar-refractivity contribution in [2.45, 2.75) is 53.2 Å². The van der Waals surface area contributed by atoms with Gasteiger partial charge in [-0.3, -0.25) is 0 Å². The van der Waals surface area contributed by atoms with Gasteiger partial charge < -0.3 is 10.5 Å². The maximum Gasteiger partial charge on any atom is 0.0722 e. The van der Waals surface area contributed by atoms with Gasteiger partial charge in [0.15, 0.2) is 0 Å². The average Bonchev–Trinajstić information content (AvgIpc) is 2.22. The Kier molecular flexibility index (Phi) is 4.72. The number of aryl methyl sites for hydroxylation is 3. The van der Waals surface area contributed by atoms with E-state index >= 15 is 0 Å². The zero-order valence-electron chi connectivity index (χ0n) is 11.8. The molecule has 17 heavy (non-hydrogen) atoms. The number of hydrogen-bond acceptors (Lipinski definition) is 2. The number of benzene rings is 1. The first kappa shape index (κ1) is 14.2. The van der Waals surface area contributed by atoms with Gasteiger partial charge in [-0.15, -0.1) is 0 Å². The SMILES string of the molecule is CCC(C)(N)COCc1c(C)cc(C)cc1C. The molecule has 0 bridgehead atoms. The van der Waals surface area contributed by atoms with Gasteiger partial charge in [-0.2, -0.15) is 0 Å². The highest BCUT2D eigenvalue weighted by molar-refractivity contribution is 5.36. The quantitative estimate of drug-likeness (QED) is 0.850. The van der Waals surface area contributed by atoms with Crippen molar-refractivity contribution in [3.05, 3.63) is 34.4 Å². The zero-order valence-corrected chi connectivity index (χ0v) is 11.8. The summed E-state index contributed by atoms with van der Waals surface area (Å²) in [5.41, 5.74) is 11.0. The average molecular weight is 235 g/mol. The summed E-state index contributed by atoms with van der Waals surface area (Å²) in [6.45, 7) is 11.8. The molecule has 0 radical (unpaired) electrons. The van der Waals surface area contributed by atoms with Crippen molar-refractivity contribution in [1.82, 2.24) is 0 Å². The molecule has 0 fully saturated rings. The summed E-state index contributed by atoms with van der Waals surface area (Å²) in [6.07, 6.45) is 0.929. The predicted molar refractivity (Wildman–Crippen MR) is 73.2 cm³/mol. The molecule has 0 aromatic heterocycles. The van der Waals surface area contributed by atoms with Crippen molar-refractivity contribution in [3.8, 4) is 0 Å². The summed E-state index contributed by atoms with van der Waals surface area (Å²) < 4.78 is 5.75. The van der Waals surface area contributed by atoms with Crippen LogP contribution >= 0.6 is 0 Å². The van der Waals surface area contributed by atoms with Gasteiger partial charge in [-0.25, -0.2) is 0 Å². The first-order valence-corrected chi connectivity index (χ1v) is 6.29. The molecule has 0 saturated carbocycles. The normalized spacial score (nSPS) is 14.7. The van der Waals surface area contributed by atoms with Crippen molar-refractivity contribution in [2.24, 2.45) is 5.73 Å². The molecule has 2 N–H and O–H groups in total. The van der Waals surface area contributed by atoms with Crippen LogP contribution in [0.25, 0.3) is 0 Å². The maximum absolute atomic E-state index is 6.06. The Labute approximate surface area is 105 Å². The number of rotatable bonds is 5. The third-order valence-electron chi connectivity index (χ3n) is 3.33. The number of ether oxygens (including phenoxy) is 1. The molecular weight excluding hydrogens is 210 g/mol. The van der Waals surface area contributed by atoms with E-state index in [1.165, 1.54) is 22.3 Å². The largest absolute Gasteiger partial charge is 0.375 e. The lowest BCUT2D eigenvalue weighted by atomic mass is 10.00. The van der Waals surface area contributed by atoms with Crippen molar-refractivity contribution in [3.63, 3.8) is 0 Å². The summed E-state index contributed by atoms with van der Waals surface area (Å²) in [6, 6.07) is 4.40. The van der Waals surface area contributed by atoms with Gasteiger partial charge in [-0.1, -0.05) is 24.6 Å². The third kappa shape index (κ3) is 4.14. The molecule has 1 atom stereocenters. The molecule has 1 aromatic rings. The van der Waals surface area contributed by atoms with E-state index < -0.39 is 0 Å². The molecular formula is C15H25NO. The van der Waals surface area contributed by atoms with E-state index in [0.29, 0.717) is 13.2 Å². The lowest BCUT2D eigenvalue weighted by molar-refractivity contribution is 0.0771. The molecule has 0 aliphatic heterocycles. The molecule has 0 spiro atoms. The van der Waals surface area contributed by atoms with E-state index in [4.69, 9.17) is 10.5 Å². The monoisotopic (exact) mass is 235 g/mol. The lowest BCUT2D eigenvalue weighted by Gasteiger charge is -2.23. The molecule has 1 aromatic carbocycles. The van der Waals surface area contributed by atoms with Crippen molar-refractivity contribution in [2.75, 3.05) is 6.61 Å². The zero-order chi connectivity index (χ0) is 13.1. The molecule has 0 heterocycles. The van der Waals surface area contributed by atoms with Crippen LogP contribution in [0.3, 0.4) is 0 Å². The van der Waals surface area contributed by atoms with Gasteiger partial charge in [-0.05, 0) is 50.8 Å². The van der Waals surface area contributed by atoms with Crippen molar-refractivity contribution < 1.29 is 4.74 Å². The van der Waals surface area contributed by atoms with Gasteiger partial charge in [0.1, 0.15) is 0 Å². The van der Waals surface area contributed by atoms with Crippen LogP contribution in [0, 0.1) is 20.8 Å². The summed E-state index contributed by atoms with van der Waals surface area (Å²) in [5, 5.41) is 0. The molecule has 0 aliphatic rings. The second-order valence-electron chi connectivity index (χ2n) is 5.38. The summed E-state index contributed by atoms with van der Waals surface area (Å²) >= 11 is 0. The van der Waals surface area contributed by atoms with Crippen LogP contribution in [0.5, 0.6) is 0 Å². The van der Waals surface area contributed by atoms with Crippen molar-refractivity contribution >= 4 is 0 Å². The minimum atomic E-state index is -0.216. The summed E-state index contributed by atoms with van der Waals surface area (Å²) in [4.78, 5) is 0. The fraction of sp³-hybridized carbons (Fsp3) is 0.600. The minimum absolute atomic E-state index is 0.216. The van der Waals surface area contributed by atoms with Gasteiger partial charge in [0.05, 0.1) is 13.2 Å². The Hall–Kier alpha value is -0.860. The fourth-order valence-electron chi connectivity index (χ4n) is 1.93. The van der Waals surface area contributed by atoms with Crippen LogP contribution in [-0.4, -0.2) is 12.1 Å². The Bertz CT molecular complexity index is 360. The van der Waals surface area contributed by atoms with Gasteiger partial charge in [0.25, 0.3) is 0 Å². The van der Waals surface area contributed by atoms with E-state index in [-0.39, 0.29) is 5.54 Å². The third-order valence-corrected chi connectivity index (χ3v) is 3.33. The Balaban J connectivity index is 2.64. The van der Waals surface area contributed by atoms with E-state index in [1.807, 2.05) is 6.92 Å². The standard InChI is InChI=1S/C15H25NO/c1-6-15(5,16)10-17-9-14-12(3)7-11(2)8-13(14)4/h7-8H,6,9-10,16H2,1-5H3. The minimum Gasteiger partial charge on any atom is -0.375 e. The molecule has 1 rings (SSSR count). The Morgan fingerprint density at radius 1 is 1.18 bits per heavy atom. The molecule has 96 valence electrons. The van der Waals surface area contributed by atoms with Crippen LogP contribution in [0.4, 0.5) is 0 Å². The van der Waals surface area contributed by atoms with Crippen LogP contribution < -0.4 is 5.73 Å². The fourth-order valence-corrected chi connectivity index (χ4v) is 1.93. The van der Waals surface area contributed by atoms with Crippen molar-refractivity contribution in [1.29, 1.82) is 0 Å². The van der Waals surface area contributed by atoms with E-state index in [9.17, 15) is 0 Å². The molecule has 1 unspecified atom stereocenters. The predicted octanol–water partition coefficient (Wildman–Crippen LogP) is 3.26. The van der Waals surface area contributed by atoms with Crippen LogP contribution in [0.2, 0.25) is 0 Å². The Morgan fingerprint density at radius 2 is 1.71 bits per heavy atom. The molecule has 0 aliphatic carbocycles. The number of nitrogens with two attached hydrogens (primary N) is 1. The highest BCUT2D eigenvalue weighted by Gasteiger charge is 2.16. The number of hydrogen-bond donors (Lipinski definition) is 1. The van der Waals surface area contributed by atoms with Gasteiger partial charge in [0.2, 0.25) is 0 Å². The second kappa shape index (κ2) is 5.65. The highest BCUT2D eigenvalue weighted by atomic mass is 16.5. The lowest BCUT2D eigenvalue weighted by Crippen LogP contribution is -2.40. The van der Waals surface area contributed by atoms with Gasteiger partial charge >= 0.3 is 0 Å². The van der Waals surface area contributed by atoms with Crippen LogP contribution in [0.1, 0.15) is 42.5 Å². The van der Waals surface area contributed by atoms with Crippen LogP contribution in [-0.2, 0) is 11.3 Å². The molecule has 0 saturated heterocycles. The molecule has 0 amide bonds. The van der Waals surface area contributed by atoms with E-state index in [1.54, 1.807) is 0 Å². The van der Waals surface area contributed by atoms with E-state index in [0.717, 1.165) is 6.42 Å². The van der Waals surface area contributed by atoms with Crippen LogP contribution in [0.15, 0.2) is 12.1 Å². The highest BCUT2D eigenvalue weighted by Crippen LogP contribution is 2.18.